The largest absolute Gasteiger partial charge is 0.493 e. The Morgan fingerprint density at radius 1 is 1.33 bits per heavy atom. The Morgan fingerprint density at radius 3 is 2.50 bits per heavy atom. The molecule has 1 aromatic carbocycles. The van der Waals surface area contributed by atoms with Crippen LogP contribution in [0.25, 0.3) is 0 Å². The summed E-state index contributed by atoms with van der Waals surface area (Å²) in [4.78, 5) is 23.0. The van der Waals surface area contributed by atoms with Gasteiger partial charge in [0, 0.05) is 5.56 Å². The minimum absolute atomic E-state index is 0.0988. The van der Waals surface area contributed by atoms with Crippen LogP contribution >= 0.6 is 0 Å². The van der Waals surface area contributed by atoms with Crippen molar-refractivity contribution in [1.29, 1.82) is 0 Å². The van der Waals surface area contributed by atoms with Gasteiger partial charge in [-0.05, 0) is 19.1 Å². The van der Waals surface area contributed by atoms with E-state index in [0.29, 0.717) is 5.75 Å². The fourth-order valence-electron chi connectivity index (χ4n) is 1.98. The summed E-state index contributed by atoms with van der Waals surface area (Å²) in [6.07, 6.45) is 0. The maximum atomic E-state index is 11.8. The van der Waals surface area contributed by atoms with Crippen molar-refractivity contribution in [2.24, 2.45) is 0 Å². The maximum absolute atomic E-state index is 11.8. The number of fused-ring (bicyclic) bond motifs is 1. The number of carboxylic acids is 1. The highest BCUT2D eigenvalue weighted by atomic mass is 16.6. The summed E-state index contributed by atoms with van der Waals surface area (Å²) < 4.78 is 15.1. The number of carbonyl (C=O) groups is 2. The fraction of sp³-hybridized carbons (Fsp3) is 0.333. The van der Waals surface area contributed by atoms with Gasteiger partial charge in [-0.2, -0.15) is 0 Å². The number of carbonyl (C=O) groups excluding carboxylic acids is 1. The highest BCUT2D eigenvalue weighted by Gasteiger charge is 2.50. The van der Waals surface area contributed by atoms with Crippen molar-refractivity contribution >= 4 is 11.9 Å². The Morgan fingerprint density at radius 2 is 2.00 bits per heavy atom. The molecule has 0 spiro atoms. The van der Waals surface area contributed by atoms with Crippen LogP contribution in [0, 0.1) is 0 Å². The minimum Gasteiger partial charge on any atom is -0.493 e. The second-order valence-corrected chi connectivity index (χ2v) is 3.95. The Balaban J connectivity index is 2.73. The predicted octanol–water partition coefficient (Wildman–Crippen LogP) is 1.17. The molecule has 1 N–H and O–H groups in total. The Kier molecular flexibility index (Phi) is 2.65. The third kappa shape index (κ3) is 1.42. The summed E-state index contributed by atoms with van der Waals surface area (Å²) in [5, 5.41) is 9.18. The van der Waals surface area contributed by atoms with E-state index in [4.69, 9.17) is 14.2 Å². The summed E-state index contributed by atoms with van der Waals surface area (Å²) in [6.45, 7) is 1.32. The predicted molar refractivity (Wildman–Crippen MR) is 59.9 cm³/mol. The number of cyclic esters (lactones) is 1. The first-order valence-corrected chi connectivity index (χ1v) is 5.18. The first-order chi connectivity index (χ1) is 8.45. The number of hydrogen-bond donors (Lipinski definition) is 1. The zero-order valence-corrected chi connectivity index (χ0v) is 10.1. The highest BCUT2D eigenvalue weighted by molar-refractivity contribution is 6.03. The minimum atomic E-state index is -1.69. The molecule has 6 heteroatoms. The number of carboxylic acid groups (broad SMARTS) is 1. The van der Waals surface area contributed by atoms with Crippen LogP contribution in [0.2, 0.25) is 0 Å². The number of ether oxygens (including phenoxy) is 3. The molecule has 0 saturated carbocycles. The van der Waals surface area contributed by atoms with Gasteiger partial charge in [-0.25, -0.2) is 9.59 Å². The van der Waals surface area contributed by atoms with Crippen LogP contribution in [0.3, 0.4) is 0 Å². The molecule has 0 fully saturated rings. The first kappa shape index (κ1) is 12.2. The molecule has 96 valence electrons. The van der Waals surface area contributed by atoms with Gasteiger partial charge in [-0.3, -0.25) is 0 Å². The maximum Gasteiger partial charge on any atom is 0.352 e. The SMILES string of the molecule is COc1ccc2c(c1OC)C(=O)OC2(C)C(=O)O. The third-order valence-electron chi connectivity index (χ3n) is 2.97. The van der Waals surface area contributed by atoms with Crippen LogP contribution in [-0.4, -0.2) is 31.3 Å². The average Bonchev–Trinajstić information content (AvgIpc) is 2.61. The normalized spacial score (nSPS) is 21.2. The van der Waals surface area contributed by atoms with E-state index in [2.05, 4.69) is 0 Å². The van der Waals surface area contributed by atoms with Crippen LogP contribution in [0.5, 0.6) is 11.5 Å². The van der Waals surface area contributed by atoms with Crippen LogP contribution < -0.4 is 9.47 Å². The molecule has 0 radical (unpaired) electrons. The molecular weight excluding hydrogens is 240 g/mol. The van der Waals surface area contributed by atoms with E-state index in [1.807, 2.05) is 0 Å². The van der Waals surface area contributed by atoms with Gasteiger partial charge < -0.3 is 19.3 Å². The highest BCUT2D eigenvalue weighted by Crippen LogP contribution is 2.44. The molecule has 0 aliphatic carbocycles. The molecule has 18 heavy (non-hydrogen) atoms. The third-order valence-corrected chi connectivity index (χ3v) is 2.97. The van der Waals surface area contributed by atoms with Crippen molar-refractivity contribution in [3.8, 4) is 11.5 Å². The van der Waals surface area contributed by atoms with Gasteiger partial charge in [0.1, 0.15) is 5.56 Å². The molecule has 1 aromatic rings. The molecule has 2 rings (SSSR count). The lowest BCUT2D eigenvalue weighted by atomic mass is 9.93. The average molecular weight is 252 g/mol. The van der Waals surface area contributed by atoms with Crippen LogP contribution in [0.4, 0.5) is 0 Å². The Labute approximate surface area is 103 Å². The molecule has 1 unspecified atom stereocenters. The zero-order chi connectivity index (χ0) is 13.5. The number of hydrogen-bond acceptors (Lipinski definition) is 5. The Bertz CT molecular complexity index is 536. The van der Waals surface area contributed by atoms with E-state index in [1.165, 1.54) is 27.2 Å². The van der Waals surface area contributed by atoms with Crippen molar-refractivity contribution in [2.45, 2.75) is 12.5 Å². The molecular formula is C12H12O6. The quantitative estimate of drug-likeness (QED) is 0.813. The first-order valence-electron chi connectivity index (χ1n) is 5.18. The van der Waals surface area contributed by atoms with E-state index in [-0.39, 0.29) is 16.9 Å². The van der Waals surface area contributed by atoms with Crippen molar-refractivity contribution < 1.29 is 28.9 Å². The summed E-state index contributed by atoms with van der Waals surface area (Å²) in [5.41, 5.74) is -1.33. The Hall–Kier alpha value is -2.24. The lowest BCUT2D eigenvalue weighted by Gasteiger charge is -2.18. The van der Waals surface area contributed by atoms with Gasteiger partial charge in [-0.1, -0.05) is 0 Å². The zero-order valence-electron chi connectivity index (χ0n) is 10.1. The van der Waals surface area contributed by atoms with Crippen LogP contribution in [0.15, 0.2) is 12.1 Å². The van der Waals surface area contributed by atoms with Crippen LogP contribution in [0.1, 0.15) is 22.8 Å². The van der Waals surface area contributed by atoms with Gasteiger partial charge in [0.05, 0.1) is 14.2 Å². The summed E-state index contributed by atoms with van der Waals surface area (Å²) in [7, 11) is 2.81. The van der Waals surface area contributed by atoms with Gasteiger partial charge in [0.15, 0.2) is 11.5 Å². The molecule has 0 bridgehead atoms. The standard InChI is InChI=1S/C12H12O6/c1-12(11(14)15)6-4-5-7(16-2)9(17-3)8(6)10(13)18-12/h4-5H,1-3H3,(H,14,15). The molecule has 0 amide bonds. The summed E-state index contributed by atoms with van der Waals surface area (Å²) in [6, 6.07) is 3.04. The van der Waals surface area contributed by atoms with Gasteiger partial charge in [-0.15, -0.1) is 0 Å². The van der Waals surface area contributed by atoms with E-state index in [9.17, 15) is 14.7 Å². The van der Waals surface area contributed by atoms with Gasteiger partial charge in [0.25, 0.3) is 0 Å². The van der Waals surface area contributed by atoms with E-state index >= 15 is 0 Å². The monoisotopic (exact) mass is 252 g/mol. The topological polar surface area (TPSA) is 82.1 Å². The number of benzene rings is 1. The lowest BCUT2D eigenvalue weighted by Crippen LogP contribution is -2.32. The summed E-state index contributed by atoms with van der Waals surface area (Å²) >= 11 is 0. The smallest absolute Gasteiger partial charge is 0.352 e. The van der Waals surface area contributed by atoms with Crippen molar-refractivity contribution in [3.05, 3.63) is 23.3 Å². The van der Waals surface area contributed by atoms with Crippen LogP contribution in [-0.2, 0) is 15.1 Å². The van der Waals surface area contributed by atoms with Crippen molar-refractivity contribution in [1.82, 2.24) is 0 Å². The fourth-order valence-corrected chi connectivity index (χ4v) is 1.98. The van der Waals surface area contributed by atoms with Gasteiger partial charge in [0.2, 0.25) is 5.60 Å². The van der Waals surface area contributed by atoms with Crippen molar-refractivity contribution in [2.75, 3.05) is 14.2 Å². The molecule has 0 aromatic heterocycles. The molecule has 0 saturated heterocycles. The molecule has 6 nitrogen and oxygen atoms in total. The molecule has 1 aliphatic rings. The summed E-state index contributed by atoms with van der Waals surface area (Å²) in [5.74, 6) is -1.43. The van der Waals surface area contributed by atoms with E-state index in [0.717, 1.165) is 0 Å². The second-order valence-electron chi connectivity index (χ2n) is 3.95. The number of aliphatic carboxylic acids is 1. The van der Waals surface area contributed by atoms with E-state index in [1.54, 1.807) is 6.07 Å². The molecule has 1 atom stereocenters. The van der Waals surface area contributed by atoms with Crippen molar-refractivity contribution in [3.63, 3.8) is 0 Å². The lowest BCUT2D eigenvalue weighted by molar-refractivity contribution is -0.156. The number of methoxy groups -OCH3 is 2. The number of esters is 1. The number of rotatable bonds is 3. The van der Waals surface area contributed by atoms with E-state index < -0.39 is 17.5 Å². The van der Waals surface area contributed by atoms with Gasteiger partial charge >= 0.3 is 11.9 Å². The molecule has 1 aliphatic heterocycles. The molecule has 1 heterocycles. The second kappa shape index (κ2) is 3.90.